The molecule has 1 aliphatic rings. The molecule has 6 nitrogen and oxygen atoms in total. The lowest BCUT2D eigenvalue weighted by atomic mass is 10.3. The summed E-state index contributed by atoms with van der Waals surface area (Å²) in [5.74, 6) is 5.99. The van der Waals surface area contributed by atoms with Crippen molar-refractivity contribution in [3.05, 3.63) is 0 Å². The van der Waals surface area contributed by atoms with Crippen LogP contribution < -0.4 is 5.32 Å². The number of carbonyl (C=O) groups excluding carboxylic acids is 1. The average Bonchev–Trinajstić information content (AvgIpc) is 3.26. The van der Waals surface area contributed by atoms with E-state index in [4.69, 9.17) is 18.9 Å². The van der Waals surface area contributed by atoms with Crippen molar-refractivity contribution >= 4 is 5.91 Å². The van der Waals surface area contributed by atoms with Crippen LogP contribution in [0.5, 0.6) is 0 Å². The summed E-state index contributed by atoms with van der Waals surface area (Å²) in [6, 6.07) is 0. The Balaban J connectivity index is 2.34. The van der Waals surface area contributed by atoms with Gasteiger partial charge in [-0.3, -0.25) is 4.79 Å². The van der Waals surface area contributed by atoms with Gasteiger partial charge < -0.3 is 24.3 Å². The second kappa shape index (κ2) is 9.74. The maximum absolute atomic E-state index is 11.9. The number of hydrogen-bond acceptors (Lipinski definition) is 5. The third-order valence-corrected chi connectivity index (χ3v) is 3.12. The Morgan fingerprint density at radius 2 is 1.86 bits per heavy atom. The molecular weight excluding hydrogens is 274 g/mol. The van der Waals surface area contributed by atoms with Crippen LogP contribution in [0.2, 0.25) is 0 Å². The van der Waals surface area contributed by atoms with E-state index in [9.17, 15) is 4.79 Å². The van der Waals surface area contributed by atoms with Crippen molar-refractivity contribution in [2.75, 3.05) is 34.0 Å². The summed E-state index contributed by atoms with van der Waals surface area (Å²) in [7, 11) is 3.07. The lowest BCUT2D eigenvalue weighted by molar-refractivity contribution is -0.128. The normalized spacial score (nSPS) is 20.3. The lowest BCUT2D eigenvalue weighted by Crippen LogP contribution is -2.35. The number of methoxy groups -OCH3 is 2. The Labute approximate surface area is 126 Å². The van der Waals surface area contributed by atoms with Gasteiger partial charge in [0.25, 0.3) is 0 Å². The van der Waals surface area contributed by atoms with Gasteiger partial charge in [0.15, 0.2) is 6.29 Å². The highest BCUT2D eigenvalue weighted by Gasteiger charge is 2.42. The van der Waals surface area contributed by atoms with Crippen molar-refractivity contribution in [1.82, 2.24) is 5.32 Å². The summed E-state index contributed by atoms with van der Waals surface area (Å²) in [5.41, 5.74) is 0. The van der Waals surface area contributed by atoms with Crippen LogP contribution in [0.3, 0.4) is 0 Å². The summed E-state index contributed by atoms with van der Waals surface area (Å²) in [6.45, 7) is 5.21. The Kier molecular flexibility index (Phi) is 8.31. The molecule has 0 aromatic heterocycles. The van der Waals surface area contributed by atoms with E-state index in [-0.39, 0.29) is 17.7 Å². The van der Waals surface area contributed by atoms with Gasteiger partial charge in [0, 0.05) is 33.4 Å². The predicted octanol–water partition coefficient (Wildman–Crippen LogP) is 0.760. The summed E-state index contributed by atoms with van der Waals surface area (Å²) in [5, 5.41) is 2.80. The number of amides is 1. The Hall–Kier alpha value is -1.13. The third kappa shape index (κ3) is 6.44. The van der Waals surface area contributed by atoms with Gasteiger partial charge in [-0.1, -0.05) is 5.92 Å². The molecule has 120 valence electrons. The maximum Gasteiger partial charge on any atom is 0.224 e. The quantitative estimate of drug-likeness (QED) is 0.503. The Morgan fingerprint density at radius 3 is 2.38 bits per heavy atom. The van der Waals surface area contributed by atoms with E-state index in [1.807, 2.05) is 13.8 Å². The van der Waals surface area contributed by atoms with Gasteiger partial charge in [0.05, 0.1) is 12.5 Å². The van der Waals surface area contributed by atoms with E-state index in [2.05, 4.69) is 17.2 Å². The van der Waals surface area contributed by atoms with Crippen LogP contribution in [0.4, 0.5) is 0 Å². The van der Waals surface area contributed by atoms with Crippen LogP contribution in [-0.4, -0.2) is 52.5 Å². The molecule has 0 aromatic rings. The second-order valence-corrected chi connectivity index (χ2v) is 4.63. The summed E-state index contributed by atoms with van der Waals surface area (Å²) < 4.78 is 20.7. The van der Waals surface area contributed by atoms with Crippen molar-refractivity contribution < 1.29 is 23.7 Å². The van der Waals surface area contributed by atoms with Crippen molar-refractivity contribution in [2.24, 2.45) is 11.8 Å². The molecule has 6 heteroatoms. The zero-order valence-electron chi connectivity index (χ0n) is 13.2. The first-order valence-corrected chi connectivity index (χ1v) is 7.23. The van der Waals surface area contributed by atoms with Crippen LogP contribution in [0.15, 0.2) is 0 Å². The predicted molar refractivity (Wildman–Crippen MR) is 77.2 cm³/mol. The maximum atomic E-state index is 11.9. The monoisotopic (exact) mass is 299 g/mol. The highest BCUT2D eigenvalue weighted by Crippen LogP contribution is 2.37. The fraction of sp³-hybridized carbons (Fsp3) is 0.800. The molecule has 21 heavy (non-hydrogen) atoms. The van der Waals surface area contributed by atoms with Gasteiger partial charge >= 0.3 is 0 Å². The van der Waals surface area contributed by atoms with Crippen molar-refractivity contribution in [1.29, 1.82) is 0 Å². The summed E-state index contributed by atoms with van der Waals surface area (Å²) in [4.78, 5) is 11.9. The van der Waals surface area contributed by atoms with Crippen LogP contribution in [0, 0.1) is 23.7 Å². The molecule has 2 atom stereocenters. The molecule has 0 heterocycles. The minimum Gasteiger partial charge on any atom is -0.354 e. The molecule has 0 spiro atoms. The summed E-state index contributed by atoms with van der Waals surface area (Å²) in [6.07, 6.45) is -0.151. The number of rotatable bonds is 9. The van der Waals surface area contributed by atoms with Crippen LogP contribution >= 0.6 is 0 Å². The van der Waals surface area contributed by atoms with Crippen molar-refractivity contribution in [3.8, 4) is 11.8 Å². The van der Waals surface area contributed by atoms with Gasteiger partial charge in [-0.25, -0.2) is 0 Å². The van der Waals surface area contributed by atoms with Crippen LogP contribution in [0.1, 0.15) is 20.3 Å². The standard InChI is InChI=1S/C15H25NO5/c1-5-20-13(21-6-2)8-7-11-9-12(11)15(17)16-10-14(18-3)19-4/h11-14H,5-6,9-10H2,1-4H3,(H,16,17)/t11-,12+/m0/s1. The largest absolute Gasteiger partial charge is 0.354 e. The van der Waals surface area contributed by atoms with E-state index in [0.717, 1.165) is 6.42 Å². The second-order valence-electron chi connectivity index (χ2n) is 4.63. The molecule has 0 radical (unpaired) electrons. The lowest BCUT2D eigenvalue weighted by Gasteiger charge is -2.13. The molecular formula is C15H25NO5. The smallest absolute Gasteiger partial charge is 0.224 e. The first-order chi connectivity index (χ1) is 10.2. The topological polar surface area (TPSA) is 66.0 Å². The van der Waals surface area contributed by atoms with E-state index >= 15 is 0 Å². The Bertz CT molecular complexity index is 366. The van der Waals surface area contributed by atoms with Gasteiger partial charge in [0.2, 0.25) is 12.2 Å². The van der Waals surface area contributed by atoms with Crippen LogP contribution in [-0.2, 0) is 23.7 Å². The van der Waals surface area contributed by atoms with E-state index in [1.165, 1.54) is 14.2 Å². The third-order valence-electron chi connectivity index (χ3n) is 3.12. The fourth-order valence-corrected chi connectivity index (χ4v) is 1.83. The molecule has 1 saturated carbocycles. The zero-order valence-corrected chi connectivity index (χ0v) is 13.2. The minimum absolute atomic E-state index is 0.0160. The molecule has 1 fully saturated rings. The molecule has 0 saturated heterocycles. The van der Waals surface area contributed by atoms with Crippen molar-refractivity contribution in [3.63, 3.8) is 0 Å². The van der Waals surface area contributed by atoms with Gasteiger partial charge in [-0.2, -0.15) is 0 Å². The minimum atomic E-state index is -0.504. The Morgan fingerprint density at radius 1 is 1.24 bits per heavy atom. The number of ether oxygens (including phenoxy) is 4. The molecule has 0 unspecified atom stereocenters. The summed E-state index contributed by atoms with van der Waals surface area (Å²) >= 11 is 0. The van der Waals surface area contributed by atoms with Crippen LogP contribution in [0.25, 0.3) is 0 Å². The number of carbonyl (C=O) groups is 1. The zero-order chi connectivity index (χ0) is 15.7. The average molecular weight is 299 g/mol. The number of hydrogen-bond donors (Lipinski definition) is 1. The molecule has 1 amide bonds. The fourth-order valence-electron chi connectivity index (χ4n) is 1.83. The highest BCUT2D eigenvalue weighted by molar-refractivity contribution is 5.82. The molecule has 1 N–H and O–H groups in total. The molecule has 1 aliphatic carbocycles. The van der Waals surface area contributed by atoms with E-state index in [1.54, 1.807) is 0 Å². The van der Waals surface area contributed by atoms with Gasteiger partial charge in [-0.05, 0) is 26.2 Å². The van der Waals surface area contributed by atoms with E-state index in [0.29, 0.717) is 19.8 Å². The van der Waals surface area contributed by atoms with Crippen molar-refractivity contribution in [2.45, 2.75) is 32.8 Å². The first kappa shape index (κ1) is 17.9. The van der Waals surface area contributed by atoms with E-state index < -0.39 is 12.6 Å². The first-order valence-electron chi connectivity index (χ1n) is 7.23. The molecule has 1 rings (SSSR count). The molecule has 0 bridgehead atoms. The highest BCUT2D eigenvalue weighted by atomic mass is 16.7. The number of nitrogens with one attached hydrogen (secondary N) is 1. The van der Waals surface area contributed by atoms with Gasteiger partial charge in [0.1, 0.15) is 0 Å². The molecule has 0 aliphatic heterocycles. The van der Waals surface area contributed by atoms with Gasteiger partial charge in [-0.15, -0.1) is 0 Å². The SMILES string of the molecule is CCOC(C#C[C@H]1C[C@H]1C(=O)NCC(OC)OC)OCC. The molecule has 0 aromatic carbocycles.